The van der Waals surface area contributed by atoms with Crippen LogP contribution in [-0.2, 0) is 11.0 Å². The molecule has 1 aromatic carbocycles. The van der Waals surface area contributed by atoms with Crippen molar-refractivity contribution < 1.29 is 40.6 Å². The van der Waals surface area contributed by atoms with Crippen molar-refractivity contribution >= 4 is 5.91 Å². The molecular weight excluding hydrogens is 435 g/mol. The average Bonchev–Trinajstić information content (AvgIpc) is 3.13. The van der Waals surface area contributed by atoms with Gasteiger partial charge in [-0.2, -0.15) is 31.4 Å². The highest BCUT2D eigenvalue weighted by Crippen LogP contribution is 2.37. The smallest absolute Gasteiger partial charge is 0.373 e. The van der Waals surface area contributed by atoms with Crippen LogP contribution < -0.4 is 0 Å². The lowest BCUT2D eigenvalue weighted by atomic mass is 9.91. The Morgan fingerprint density at radius 2 is 1.61 bits per heavy atom. The summed E-state index contributed by atoms with van der Waals surface area (Å²) in [5.41, 5.74) is -4.39. The summed E-state index contributed by atoms with van der Waals surface area (Å²) in [6, 6.07) is 5.48. The topological polar surface area (TPSA) is 58.4 Å². The Kier molecular flexibility index (Phi) is 5.80. The van der Waals surface area contributed by atoms with Crippen LogP contribution in [0.25, 0.3) is 5.69 Å². The summed E-state index contributed by atoms with van der Waals surface area (Å²) in [7, 11) is 0. The highest BCUT2D eigenvalue weighted by molar-refractivity contribution is 5.85. The predicted molar refractivity (Wildman–Crippen MR) is 93.8 cm³/mol. The zero-order valence-corrected chi connectivity index (χ0v) is 16.1. The lowest BCUT2D eigenvalue weighted by Crippen LogP contribution is -2.57. The fraction of sp³-hybridized carbons (Fsp3) is 0.474. The first-order chi connectivity index (χ1) is 14.2. The van der Waals surface area contributed by atoms with E-state index in [-0.39, 0.29) is 37.3 Å². The van der Waals surface area contributed by atoms with Crippen LogP contribution in [0.2, 0.25) is 0 Å². The number of alkyl halides is 6. The Labute approximate surface area is 172 Å². The highest BCUT2D eigenvalue weighted by Gasteiger charge is 2.57. The lowest BCUT2D eigenvalue weighted by Gasteiger charge is -2.36. The van der Waals surface area contributed by atoms with Crippen molar-refractivity contribution in [2.45, 2.75) is 43.6 Å². The van der Waals surface area contributed by atoms with Gasteiger partial charge in [0.2, 0.25) is 5.60 Å². The van der Waals surface area contributed by atoms with Gasteiger partial charge in [0, 0.05) is 24.7 Å². The fourth-order valence-electron chi connectivity index (χ4n) is 3.42. The summed E-state index contributed by atoms with van der Waals surface area (Å²) in [6.07, 6.45) is -9.78. The molecule has 0 radical (unpaired) electrons. The lowest BCUT2D eigenvalue weighted by molar-refractivity contribution is -0.250. The number of halogens is 7. The molecule has 0 saturated carbocycles. The number of hydrogen-bond acceptors (Lipinski definition) is 3. The number of aliphatic hydroxyl groups is 1. The number of rotatable bonds is 3. The summed E-state index contributed by atoms with van der Waals surface area (Å²) < 4.78 is 92.6. The minimum Gasteiger partial charge on any atom is -0.373 e. The molecule has 2 heterocycles. The van der Waals surface area contributed by atoms with E-state index in [9.17, 15) is 40.6 Å². The van der Waals surface area contributed by atoms with Crippen LogP contribution in [0.15, 0.2) is 30.3 Å². The standard InChI is InChI=1S/C19H18F7N3O2/c1-17(31,19(24,25)26)16(30)28-8-6-11(7-9-28)14-10-15(18(21,22)23)27-29(14)13-4-2-12(20)3-5-13/h2-5,10-11,31H,6-9H2,1H3. The molecule has 2 aromatic rings. The fourth-order valence-corrected chi connectivity index (χ4v) is 3.42. The van der Waals surface area contributed by atoms with Gasteiger partial charge in [0.05, 0.1) is 5.69 Å². The Balaban J connectivity index is 1.85. The Morgan fingerprint density at radius 1 is 1.06 bits per heavy atom. The van der Waals surface area contributed by atoms with Crippen LogP contribution in [0.1, 0.15) is 37.1 Å². The predicted octanol–water partition coefficient (Wildman–Crippen LogP) is 4.05. The number of piperidine rings is 1. The number of benzene rings is 1. The van der Waals surface area contributed by atoms with Gasteiger partial charge >= 0.3 is 12.4 Å². The minimum atomic E-state index is -5.16. The molecular formula is C19H18F7N3O2. The number of aromatic nitrogens is 2. The first-order valence-corrected chi connectivity index (χ1v) is 9.23. The van der Waals surface area contributed by atoms with Crippen molar-refractivity contribution in [2.24, 2.45) is 0 Å². The second-order valence-electron chi connectivity index (χ2n) is 7.48. The maximum atomic E-state index is 13.2. The van der Waals surface area contributed by atoms with Gasteiger partial charge in [-0.15, -0.1) is 0 Å². The molecule has 1 aliphatic rings. The van der Waals surface area contributed by atoms with Crippen LogP contribution in [0.5, 0.6) is 0 Å². The van der Waals surface area contributed by atoms with E-state index in [4.69, 9.17) is 0 Å². The maximum Gasteiger partial charge on any atom is 0.435 e. The van der Waals surface area contributed by atoms with Gasteiger partial charge in [-0.25, -0.2) is 9.07 Å². The third-order valence-electron chi connectivity index (χ3n) is 5.27. The maximum absolute atomic E-state index is 13.2. The molecule has 1 fully saturated rings. The van der Waals surface area contributed by atoms with Gasteiger partial charge in [-0.3, -0.25) is 4.79 Å². The van der Waals surface area contributed by atoms with E-state index in [2.05, 4.69) is 5.10 Å². The number of nitrogens with zero attached hydrogens (tertiary/aromatic N) is 3. The number of carbonyl (C=O) groups is 1. The zero-order chi connectivity index (χ0) is 23.2. The second-order valence-corrected chi connectivity index (χ2v) is 7.48. The zero-order valence-electron chi connectivity index (χ0n) is 16.1. The molecule has 1 atom stereocenters. The van der Waals surface area contributed by atoms with E-state index >= 15 is 0 Å². The van der Waals surface area contributed by atoms with Crippen LogP contribution in [0, 0.1) is 5.82 Å². The van der Waals surface area contributed by atoms with E-state index in [1.807, 2.05) is 0 Å². The molecule has 5 nitrogen and oxygen atoms in total. The van der Waals surface area contributed by atoms with Crippen molar-refractivity contribution in [3.63, 3.8) is 0 Å². The molecule has 1 aromatic heterocycles. The van der Waals surface area contributed by atoms with Gasteiger partial charge in [0.1, 0.15) is 5.82 Å². The van der Waals surface area contributed by atoms with Crippen LogP contribution in [0.3, 0.4) is 0 Å². The van der Waals surface area contributed by atoms with E-state index < -0.39 is 41.3 Å². The molecule has 3 rings (SSSR count). The number of carbonyl (C=O) groups excluding carboxylic acids is 1. The molecule has 31 heavy (non-hydrogen) atoms. The molecule has 1 amide bonds. The quantitative estimate of drug-likeness (QED) is 0.714. The first-order valence-electron chi connectivity index (χ1n) is 9.23. The van der Waals surface area contributed by atoms with E-state index in [1.54, 1.807) is 0 Å². The number of hydrogen-bond donors (Lipinski definition) is 1. The Morgan fingerprint density at radius 3 is 2.10 bits per heavy atom. The van der Waals surface area contributed by atoms with Gasteiger partial charge in [0.25, 0.3) is 5.91 Å². The highest BCUT2D eigenvalue weighted by atomic mass is 19.4. The SMILES string of the molecule is CC(O)(C(=O)N1CCC(c2cc(C(F)(F)F)nn2-c2ccc(F)cc2)CC1)C(F)(F)F. The normalized spacial score (nSPS) is 18.2. The summed E-state index contributed by atoms with van der Waals surface area (Å²) in [6.45, 7) is -0.0159. The van der Waals surface area contributed by atoms with Crippen LogP contribution in [0.4, 0.5) is 30.7 Å². The molecule has 1 unspecified atom stereocenters. The largest absolute Gasteiger partial charge is 0.435 e. The molecule has 0 aliphatic carbocycles. The van der Waals surface area contributed by atoms with Crippen LogP contribution in [-0.4, -0.2) is 50.6 Å². The average molecular weight is 453 g/mol. The van der Waals surface area contributed by atoms with Gasteiger partial charge in [0.15, 0.2) is 5.69 Å². The molecule has 1 aliphatic heterocycles. The Hall–Kier alpha value is -2.63. The summed E-state index contributed by atoms with van der Waals surface area (Å²) in [5, 5.41) is 13.2. The van der Waals surface area contributed by atoms with Crippen molar-refractivity contribution in [1.82, 2.24) is 14.7 Å². The molecule has 12 heteroatoms. The summed E-state index contributed by atoms with van der Waals surface area (Å²) in [4.78, 5) is 13.0. The molecule has 1 saturated heterocycles. The Bertz CT molecular complexity index is 941. The van der Waals surface area contributed by atoms with Gasteiger partial charge < -0.3 is 10.0 Å². The third-order valence-corrected chi connectivity index (χ3v) is 5.27. The molecule has 170 valence electrons. The van der Waals surface area contributed by atoms with Crippen molar-refractivity contribution in [2.75, 3.05) is 13.1 Å². The monoisotopic (exact) mass is 453 g/mol. The number of likely N-dealkylation sites (tertiary alicyclic amines) is 1. The first kappa shape index (κ1) is 23.0. The minimum absolute atomic E-state index is 0.0594. The van der Waals surface area contributed by atoms with Crippen molar-refractivity contribution in [3.8, 4) is 5.69 Å². The van der Waals surface area contributed by atoms with Crippen LogP contribution >= 0.6 is 0 Å². The molecule has 1 N–H and O–H groups in total. The van der Waals surface area contributed by atoms with E-state index in [0.717, 1.165) is 27.8 Å². The van der Waals surface area contributed by atoms with Gasteiger partial charge in [-0.1, -0.05) is 0 Å². The van der Waals surface area contributed by atoms with E-state index in [0.29, 0.717) is 6.92 Å². The molecule has 0 bridgehead atoms. The second kappa shape index (κ2) is 7.81. The molecule has 0 spiro atoms. The summed E-state index contributed by atoms with van der Waals surface area (Å²) in [5.74, 6) is -2.65. The van der Waals surface area contributed by atoms with E-state index in [1.165, 1.54) is 12.1 Å². The summed E-state index contributed by atoms with van der Waals surface area (Å²) >= 11 is 0. The number of amides is 1. The van der Waals surface area contributed by atoms with Crippen molar-refractivity contribution in [1.29, 1.82) is 0 Å². The third kappa shape index (κ3) is 4.53. The van der Waals surface area contributed by atoms with Crippen molar-refractivity contribution in [3.05, 3.63) is 47.5 Å². The van der Waals surface area contributed by atoms with Gasteiger partial charge in [-0.05, 0) is 50.1 Å².